The SMILES string of the molecule is CC(C)Oc1nn(CN2CCN(S(=O)(=O)c3ccccc3)CC2)c(=S)s1. The maximum atomic E-state index is 12.7. The molecule has 3 rings (SSSR count). The number of ether oxygens (including phenoxy) is 1. The standard InChI is InChI=1S/C16H22N4O3S3/c1-13(2)23-15-17-20(16(24)25-15)12-18-8-10-19(11-9-18)26(21,22)14-6-4-3-5-7-14/h3-7,13H,8-12H2,1-2H3. The summed E-state index contributed by atoms with van der Waals surface area (Å²) < 4.78 is 34.9. The molecule has 26 heavy (non-hydrogen) atoms. The Labute approximate surface area is 162 Å². The highest BCUT2D eigenvalue weighted by Crippen LogP contribution is 2.20. The van der Waals surface area contributed by atoms with Gasteiger partial charge in [0.15, 0.2) is 3.95 Å². The van der Waals surface area contributed by atoms with Gasteiger partial charge in [0, 0.05) is 26.2 Å². The van der Waals surface area contributed by atoms with Crippen LogP contribution in [-0.2, 0) is 16.7 Å². The molecule has 0 radical (unpaired) electrons. The fourth-order valence-electron chi connectivity index (χ4n) is 2.67. The molecule has 1 aromatic carbocycles. The molecule has 0 aliphatic carbocycles. The Morgan fingerprint density at radius 3 is 2.46 bits per heavy atom. The van der Waals surface area contributed by atoms with Gasteiger partial charge in [-0.25, -0.2) is 13.1 Å². The molecule has 2 heterocycles. The van der Waals surface area contributed by atoms with Gasteiger partial charge in [0.2, 0.25) is 10.0 Å². The highest BCUT2D eigenvalue weighted by molar-refractivity contribution is 7.89. The molecule has 0 amide bonds. The van der Waals surface area contributed by atoms with Gasteiger partial charge in [-0.15, -0.1) is 5.10 Å². The molecule has 0 bridgehead atoms. The van der Waals surface area contributed by atoms with Crippen molar-refractivity contribution in [3.8, 4) is 5.19 Å². The Bertz CT molecular complexity index is 885. The normalized spacial score (nSPS) is 16.9. The van der Waals surface area contributed by atoms with Crippen LogP contribution in [0.4, 0.5) is 0 Å². The molecule has 1 fully saturated rings. The number of nitrogens with zero attached hydrogens (tertiary/aromatic N) is 4. The average molecular weight is 415 g/mol. The molecule has 1 aliphatic heterocycles. The molecule has 0 spiro atoms. The van der Waals surface area contributed by atoms with Crippen molar-refractivity contribution in [2.24, 2.45) is 0 Å². The maximum absolute atomic E-state index is 12.7. The lowest BCUT2D eigenvalue weighted by atomic mass is 10.4. The number of piperazine rings is 1. The zero-order chi connectivity index (χ0) is 18.7. The summed E-state index contributed by atoms with van der Waals surface area (Å²) in [6, 6.07) is 8.55. The van der Waals surface area contributed by atoms with E-state index in [1.165, 1.54) is 15.6 Å². The number of hydrogen-bond donors (Lipinski definition) is 0. The first-order valence-corrected chi connectivity index (χ1v) is 11.0. The van der Waals surface area contributed by atoms with Crippen molar-refractivity contribution in [2.45, 2.75) is 31.5 Å². The number of aromatic nitrogens is 2. The largest absolute Gasteiger partial charge is 0.466 e. The van der Waals surface area contributed by atoms with Crippen LogP contribution < -0.4 is 4.74 Å². The second kappa shape index (κ2) is 8.13. The van der Waals surface area contributed by atoms with E-state index in [0.29, 0.717) is 46.9 Å². The quantitative estimate of drug-likeness (QED) is 0.677. The van der Waals surface area contributed by atoms with E-state index in [-0.39, 0.29) is 6.10 Å². The highest BCUT2D eigenvalue weighted by atomic mass is 32.2. The second-order valence-electron chi connectivity index (χ2n) is 6.28. The Morgan fingerprint density at radius 2 is 1.85 bits per heavy atom. The van der Waals surface area contributed by atoms with Crippen molar-refractivity contribution < 1.29 is 13.2 Å². The first-order valence-electron chi connectivity index (χ1n) is 8.38. The summed E-state index contributed by atoms with van der Waals surface area (Å²) in [4.78, 5) is 2.48. The number of rotatable bonds is 6. The van der Waals surface area contributed by atoms with Crippen molar-refractivity contribution in [3.05, 3.63) is 34.3 Å². The highest BCUT2D eigenvalue weighted by Gasteiger charge is 2.28. The van der Waals surface area contributed by atoms with Gasteiger partial charge in [0.1, 0.15) is 0 Å². The maximum Gasteiger partial charge on any atom is 0.293 e. The number of hydrogen-bond acceptors (Lipinski definition) is 7. The van der Waals surface area contributed by atoms with Crippen LogP contribution in [0.3, 0.4) is 0 Å². The summed E-state index contributed by atoms with van der Waals surface area (Å²) in [6.07, 6.45) is 0.0516. The van der Waals surface area contributed by atoms with Crippen LogP contribution in [0.15, 0.2) is 35.2 Å². The molecule has 1 aromatic heterocycles. The molecule has 7 nitrogen and oxygen atoms in total. The zero-order valence-corrected chi connectivity index (χ0v) is 17.2. The smallest absolute Gasteiger partial charge is 0.293 e. The van der Waals surface area contributed by atoms with Crippen LogP contribution in [0.2, 0.25) is 0 Å². The fraction of sp³-hybridized carbons (Fsp3) is 0.500. The van der Waals surface area contributed by atoms with Crippen LogP contribution in [0.25, 0.3) is 0 Å². The van der Waals surface area contributed by atoms with E-state index in [1.54, 1.807) is 28.9 Å². The topological polar surface area (TPSA) is 67.7 Å². The third-order valence-electron chi connectivity index (χ3n) is 3.97. The molecule has 10 heteroatoms. The van der Waals surface area contributed by atoms with Crippen LogP contribution in [0.1, 0.15) is 13.8 Å². The number of benzene rings is 1. The fourth-order valence-corrected chi connectivity index (χ4v) is 5.16. The third kappa shape index (κ3) is 4.49. The lowest BCUT2D eigenvalue weighted by Crippen LogP contribution is -2.48. The Morgan fingerprint density at radius 1 is 1.19 bits per heavy atom. The molecule has 1 aliphatic rings. The molecular weight excluding hydrogens is 392 g/mol. The summed E-state index contributed by atoms with van der Waals surface area (Å²) in [5.41, 5.74) is 0. The molecule has 1 saturated heterocycles. The van der Waals surface area contributed by atoms with Crippen molar-refractivity contribution in [1.82, 2.24) is 19.0 Å². The summed E-state index contributed by atoms with van der Waals surface area (Å²) >= 11 is 6.69. The minimum atomic E-state index is -3.43. The first kappa shape index (κ1) is 19.4. The zero-order valence-electron chi connectivity index (χ0n) is 14.7. The van der Waals surface area contributed by atoms with Crippen LogP contribution in [-0.4, -0.2) is 59.7 Å². The summed E-state index contributed by atoms with van der Waals surface area (Å²) in [5.74, 6) is 0. The van der Waals surface area contributed by atoms with Gasteiger partial charge >= 0.3 is 0 Å². The van der Waals surface area contributed by atoms with E-state index in [0.717, 1.165) is 0 Å². The van der Waals surface area contributed by atoms with Gasteiger partial charge in [0.05, 0.1) is 17.7 Å². The van der Waals surface area contributed by atoms with Gasteiger partial charge in [-0.2, -0.15) is 4.31 Å². The lowest BCUT2D eigenvalue weighted by molar-refractivity contribution is 0.142. The molecular formula is C16H22N4O3S3. The van der Waals surface area contributed by atoms with Gasteiger partial charge in [0.25, 0.3) is 5.19 Å². The second-order valence-corrected chi connectivity index (χ2v) is 9.80. The van der Waals surface area contributed by atoms with E-state index < -0.39 is 10.0 Å². The molecule has 142 valence electrons. The number of sulfonamides is 1. The molecule has 0 saturated carbocycles. The lowest BCUT2D eigenvalue weighted by Gasteiger charge is -2.33. The van der Waals surface area contributed by atoms with Crippen molar-refractivity contribution >= 4 is 33.6 Å². The monoisotopic (exact) mass is 414 g/mol. The van der Waals surface area contributed by atoms with E-state index in [9.17, 15) is 8.42 Å². The molecule has 0 unspecified atom stereocenters. The summed E-state index contributed by atoms with van der Waals surface area (Å²) in [6.45, 7) is 6.59. The van der Waals surface area contributed by atoms with Crippen molar-refractivity contribution in [1.29, 1.82) is 0 Å². The first-order chi connectivity index (χ1) is 12.4. The Hall–Kier alpha value is -1.33. The van der Waals surface area contributed by atoms with Crippen LogP contribution in [0, 0.1) is 3.95 Å². The molecule has 0 atom stereocenters. The predicted molar refractivity (Wildman–Crippen MR) is 103 cm³/mol. The Kier molecular flexibility index (Phi) is 6.08. The minimum Gasteiger partial charge on any atom is -0.466 e. The summed E-state index contributed by atoms with van der Waals surface area (Å²) in [5, 5.41) is 4.96. The van der Waals surface area contributed by atoms with E-state index in [2.05, 4.69) is 10.00 Å². The van der Waals surface area contributed by atoms with E-state index >= 15 is 0 Å². The van der Waals surface area contributed by atoms with Crippen molar-refractivity contribution in [3.63, 3.8) is 0 Å². The minimum absolute atomic E-state index is 0.0516. The van der Waals surface area contributed by atoms with Crippen LogP contribution in [0.5, 0.6) is 5.19 Å². The molecule has 2 aromatic rings. The van der Waals surface area contributed by atoms with Crippen molar-refractivity contribution in [2.75, 3.05) is 26.2 Å². The van der Waals surface area contributed by atoms with Gasteiger partial charge in [-0.05, 0) is 49.5 Å². The summed E-state index contributed by atoms with van der Waals surface area (Å²) in [7, 11) is -3.43. The van der Waals surface area contributed by atoms with E-state index in [4.69, 9.17) is 17.0 Å². The van der Waals surface area contributed by atoms with Gasteiger partial charge in [-0.3, -0.25) is 4.90 Å². The van der Waals surface area contributed by atoms with Crippen LogP contribution >= 0.6 is 23.6 Å². The Balaban J connectivity index is 1.61. The molecule has 0 N–H and O–H groups in total. The van der Waals surface area contributed by atoms with E-state index in [1.807, 2.05) is 19.9 Å². The third-order valence-corrected chi connectivity index (χ3v) is 7.08. The van der Waals surface area contributed by atoms with Gasteiger partial charge in [-0.1, -0.05) is 18.2 Å². The van der Waals surface area contributed by atoms with Gasteiger partial charge < -0.3 is 4.74 Å². The predicted octanol–water partition coefficient (Wildman–Crippen LogP) is 2.43. The average Bonchev–Trinajstić information content (AvgIpc) is 2.94.